The minimum Gasteiger partial charge on any atom is -0.480 e. The Morgan fingerprint density at radius 1 is 1.62 bits per heavy atom. The van der Waals surface area contributed by atoms with Crippen molar-refractivity contribution in [2.24, 2.45) is 5.73 Å². The molecule has 0 aliphatic rings. The average molecular weight is 183 g/mol. The third-order valence-corrected chi connectivity index (χ3v) is 1.87. The van der Waals surface area contributed by atoms with E-state index in [9.17, 15) is 9.18 Å². The van der Waals surface area contributed by atoms with Gasteiger partial charge in [0.25, 0.3) is 0 Å². The fourth-order valence-corrected chi connectivity index (χ4v) is 0.935. The lowest BCUT2D eigenvalue weighted by molar-refractivity contribution is -0.143. The van der Waals surface area contributed by atoms with Crippen molar-refractivity contribution in [3.63, 3.8) is 0 Å². The van der Waals surface area contributed by atoms with E-state index in [1.807, 2.05) is 0 Å². The number of carboxylic acid groups (broad SMARTS) is 1. The maximum absolute atomic E-state index is 12.7. The van der Waals surface area contributed by atoms with Crippen molar-refractivity contribution in [2.75, 3.05) is 0 Å². The number of aliphatic carboxylic acids is 1. The molecule has 1 atom stereocenters. The third-order valence-electron chi connectivity index (χ3n) is 1.87. The van der Waals surface area contributed by atoms with Crippen molar-refractivity contribution in [1.29, 1.82) is 0 Å². The van der Waals surface area contributed by atoms with E-state index < -0.39 is 17.3 Å². The highest BCUT2D eigenvalue weighted by atomic mass is 19.1. The average Bonchev–Trinajstić information content (AvgIpc) is 2.04. The zero-order valence-electron chi connectivity index (χ0n) is 7.12. The van der Waals surface area contributed by atoms with Crippen molar-refractivity contribution in [1.82, 2.24) is 0 Å². The van der Waals surface area contributed by atoms with Gasteiger partial charge < -0.3 is 10.8 Å². The summed E-state index contributed by atoms with van der Waals surface area (Å²) in [6.07, 6.45) is 0. The molecular weight excluding hydrogens is 173 g/mol. The second kappa shape index (κ2) is 3.14. The van der Waals surface area contributed by atoms with Crippen LogP contribution in [0.2, 0.25) is 0 Å². The molecule has 0 aromatic heterocycles. The first-order chi connectivity index (χ1) is 5.94. The third kappa shape index (κ3) is 1.84. The monoisotopic (exact) mass is 183 g/mol. The van der Waals surface area contributed by atoms with Crippen LogP contribution in [0.5, 0.6) is 0 Å². The Morgan fingerprint density at radius 3 is 2.69 bits per heavy atom. The second-order valence-corrected chi connectivity index (χ2v) is 3.02. The highest BCUT2D eigenvalue weighted by Gasteiger charge is 2.30. The fraction of sp³-hybridized carbons (Fsp3) is 0.222. The Bertz CT molecular complexity index is 336. The molecule has 0 bridgehead atoms. The number of hydrogen-bond donors (Lipinski definition) is 2. The predicted octanol–water partition coefficient (Wildman–Crippen LogP) is 1.08. The maximum Gasteiger partial charge on any atom is 0.328 e. The number of hydrogen-bond acceptors (Lipinski definition) is 2. The summed E-state index contributed by atoms with van der Waals surface area (Å²) in [5, 5.41) is 8.74. The van der Waals surface area contributed by atoms with Gasteiger partial charge in [0.1, 0.15) is 11.4 Å². The molecule has 0 spiro atoms. The number of carbonyl (C=O) groups is 1. The Balaban J connectivity index is 3.14. The molecule has 1 aromatic rings. The van der Waals surface area contributed by atoms with Crippen molar-refractivity contribution >= 4 is 5.97 Å². The largest absolute Gasteiger partial charge is 0.480 e. The summed E-state index contributed by atoms with van der Waals surface area (Å²) < 4.78 is 12.7. The summed E-state index contributed by atoms with van der Waals surface area (Å²) in [6.45, 7) is 1.32. The SMILES string of the molecule is CC(N)(C(=O)O)c1cccc(F)c1. The van der Waals surface area contributed by atoms with Gasteiger partial charge in [-0.25, -0.2) is 9.18 Å². The van der Waals surface area contributed by atoms with Crippen molar-refractivity contribution in [2.45, 2.75) is 12.5 Å². The molecule has 0 saturated heterocycles. The van der Waals surface area contributed by atoms with E-state index in [2.05, 4.69) is 0 Å². The van der Waals surface area contributed by atoms with Gasteiger partial charge in [0.15, 0.2) is 0 Å². The summed E-state index contributed by atoms with van der Waals surface area (Å²) in [6, 6.07) is 5.27. The van der Waals surface area contributed by atoms with E-state index in [1.165, 1.54) is 25.1 Å². The van der Waals surface area contributed by atoms with Crippen LogP contribution in [0.25, 0.3) is 0 Å². The Kier molecular flexibility index (Phi) is 2.34. The highest BCUT2D eigenvalue weighted by Crippen LogP contribution is 2.18. The maximum atomic E-state index is 12.7. The van der Waals surface area contributed by atoms with Gasteiger partial charge in [0.05, 0.1) is 0 Å². The van der Waals surface area contributed by atoms with Gasteiger partial charge in [-0.15, -0.1) is 0 Å². The second-order valence-electron chi connectivity index (χ2n) is 3.02. The normalized spacial score (nSPS) is 15.0. The van der Waals surface area contributed by atoms with E-state index in [4.69, 9.17) is 10.8 Å². The van der Waals surface area contributed by atoms with Crippen molar-refractivity contribution in [3.05, 3.63) is 35.6 Å². The van der Waals surface area contributed by atoms with Crippen LogP contribution in [0.1, 0.15) is 12.5 Å². The van der Waals surface area contributed by atoms with Gasteiger partial charge >= 0.3 is 5.97 Å². The molecule has 0 radical (unpaired) electrons. The molecule has 0 heterocycles. The first-order valence-electron chi connectivity index (χ1n) is 3.73. The van der Waals surface area contributed by atoms with E-state index in [0.29, 0.717) is 0 Å². The molecule has 0 aliphatic carbocycles. The minimum atomic E-state index is -1.54. The number of halogens is 1. The van der Waals surface area contributed by atoms with E-state index in [1.54, 1.807) is 0 Å². The van der Waals surface area contributed by atoms with Gasteiger partial charge in [-0.1, -0.05) is 12.1 Å². The molecule has 1 rings (SSSR count). The summed E-state index contributed by atoms with van der Waals surface area (Å²) in [5.41, 5.74) is 4.19. The lowest BCUT2D eigenvalue weighted by Crippen LogP contribution is -2.41. The summed E-state index contributed by atoms with van der Waals surface area (Å²) in [5.74, 6) is -1.67. The number of rotatable bonds is 2. The molecule has 0 aliphatic heterocycles. The fourth-order valence-electron chi connectivity index (χ4n) is 0.935. The van der Waals surface area contributed by atoms with Gasteiger partial charge in [0.2, 0.25) is 0 Å². The van der Waals surface area contributed by atoms with E-state index >= 15 is 0 Å². The van der Waals surface area contributed by atoms with Crippen LogP contribution >= 0.6 is 0 Å². The smallest absolute Gasteiger partial charge is 0.328 e. The molecule has 3 N–H and O–H groups in total. The Hall–Kier alpha value is -1.42. The van der Waals surface area contributed by atoms with E-state index in [-0.39, 0.29) is 5.56 Å². The zero-order valence-corrected chi connectivity index (χ0v) is 7.12. The Labute approximate surface area is 75.0 Å². The van der Waals surface area contributed by atoms with Crippen LogP contribution in [0.3, 0.4) is 0 Å². The number of nitrogens with two attached hydrogens (primary N) is 1. The zero-order chi connectivity index (χ0) is 10.1. The molecule has 3 nitrogen and oxygen atoms in total. The van der Waals surface area contributed by atoms with Gasteiger partial charge in [-0.3, -0.25) is 0 Å². The quantitative estimate of drug-likeness (QED) is 0.721. The van der Waals surface area contributed by atoms with Crippen molar-refractivity contribution < 1.29 is 14.3 Å². The summed E-state index contributed by atoms with van der Waals surface area (Å²) >= 11 is 0. The molecule has 13 heavy (non-hydrogen) atoms. The first-order valence-corrected chi connectivity index (χ1v) is 3.73. The Morgan fingerprint density at radius 2 is 2.23 bits per heavy atom. The van der Waals surface area contributed by atoms with E-state index in [0.717, 1.165) is 6.07 Å². The topological polar surface area (TPSA) is 63.3 Å². The highest BCUT2D eigenvalue weighted by molar-refractivity contribution is 5.79. The summed E-state index contributed by atoms with van der Waals surface area (Å²) in [7, 11) is 0. The predicted molar refractivity (Wildman–Crippen MR) is 45.6 cm³/mol. The van der Waals surface area contributed by atoms with Crippen molar-refractivity contribution in [3.8, 4) is 0 Å². The minimum absolute atomic E-state index is 0.250. The molecule has 4 heteroatoms. The van der Waals surface area contributed by atoms with Crippen LogP contribution in [-0.2, 0) is 10.3 Å². The summed E-state index contributed by atoms with van der Waals surface area (Å²) in [4.78, 5) is 10.7. The van der Waals surface area contributed by atoms with Gasteiger partial charge in [-0.2, -0.15) is 0 Å². The standard InChI is InChI=1S/C9H10FNO2/c1-9(11,8(12)13)6-3-2-4-7(10)5-6/h2-5H,11H2,1H3,(H,12,13). The van der Waals surface area contributed by atoms with Crippen LogP contribution < -0.4 is 5.73 Å². The molecule has 1 aromatic carbocycles. The molecule has 0 fully saturated rings. The first kappa shape index (κ1) is 9.67. The molecule has 0 saturated carbocycles. The molecule has 0 amide bonds. The molecular formula is C9H10FNO2. The molecule has 70 valence electrons. The number of benzene rings is 1. The number of carboxylic acids is 1. The van der Waals surface area contributed by atoms with Crippen LogP contribution in [-0.4, -0.2) is 11.1 Å². The lowest BCUT2D eigenvalue weighted by atomic mass is 9.93. The lowest BCUT2D eigenvalue weighted by Gasteiger charge is -2.19. The van der Waals surface area contributed by atoms with Gasteiger partial charge in [0, 0.05) is 0 Å². The van der Waals surface area contributed by atoms with Crippen LogP contribution in [0, 0.1) is 5.82 Å². The van der Waals surface area contributed by atoms with Gasteiger partial charge in [-0.05, 0) is 24.6 Å². The molecule has 1 unspecified atom stereocenters. The van der Waals surface area contributed by atoms with Crippen LogP contribution in [0.15, 0.2) is 24.3 Å². The van der Waals surface area contributed by atoms with Crippen LogP contribution in [0.4, 0.5) is 4.39 Å².